The number of hydrogen-bond acceptors (Lipinski definition) is 7. The number of alkyl halides is 3. The molecule has 1 saturated heterocycles. The molecule has 4 aromatic rings. The Morgan fingerprint density at radius 3 is 2.58 bits per heavy atom. The maximum absolute atomic E-state index is 13.4. The zero-order valence-electron chi connectivity index (χ0n) is 16.9. The van der Waals surface area contributed by atoms with Crippen LogP contribution in [0, 0.1) is 0 Å². The molecule has 0 radical (unpaired) electrons. The van der Waals surface area contributed by atoms with E-state index < -0.39 is 29.6 Å². The summed E-state index contributed by atoms with van der Waals surface area (Å²) in [5.74, 6) is 0. The molecule has 0 amide bonds. The summed E-state index contributed by atoms with van der Waals surface area (Å²) in [6, 6.07) is 6.42. The molecule has 8 nitrogen and oxygen atoms in total. The molecule has 0 unspecified atom stereocenters. The third kappa shape index (κ3) is 3.85. The Hall–Kier alpha value is -3.70. The van der Waals surface area contributed by atoms with E-state index in [2.05, 4.69) is 19.9 Å². The zero-order valence-corrected chi connectivity index (χ0v) is 16.9. The minimum atomic E-state index is -4.57. The lowest BCUT2D eigenvalue weighted by Crippen LogP contribution is -2.32. The van der Waals surface area contributed by atoms with Crippen molar-refractivity contribution in [3.63, 3.8) is 0 Å². The van der Waals surface area contributed by atoms with Crippen molar-refractivity contribution in [3.05, 3.63) is 71.3 Å². The highest BCUT2D eigenvalue weighted by atomic mass is 19.4. The van der Waals surface area contributed by atoms with E-state index in [1.54, 1.807) is 24.5 Å². The molecule has 168 valence electrons. The second kappa shape index (κ2) is 8.01. The van der Waals surface area contributed by atoms with Gasteiger partial charge in [-0.3, -0.25) is 19.3 Å². The molecule has 2 atom stereocenters. The number of nitrogens with zero attached hydrogens (tertiary/aromatic N) is 5. The van der Waals surface area contributed by atoms with Gasteiger partial charge in [-0.25, -0.2) is 9.97 Å². The molecule has 33 heavy (non-hydrogen) atoms. The van der Waals surface area contributed by atoms with Crippen molar-refractivity contribution in [1.82, 2.24) is 24.5 Å². The van der Waals surface area contributed by atoms with Crippen LogP contribution in [0.4, 0.5) is 13.2 Å². The number of fused-ring (bicyclic) bond motifs is 1. The smallest absolute Gasteiger partial charge is 0.388 e. The molecule has 1 fully saturated rings. The van der Waals surface area contributed by atoms with E-state index in [9.17, 15) is 23.1 Å². The molecule has 1 aliphatic rings. The summed E-state index contributed by atoms with van der Waals surface area (Å²) in [7, 11) is 0. The van der Waals surface area contributed by atoms with Crippen LogP contribution in [0.2, 0.25) is 0 Å². The van der Waals surface area contributed by atoms with E-state index in [0.29, 0.717) is 22.3 Å². The lowest BCUT2D eigenvalue weighted by molar-refractivity contribution is -0.141. The van der Waals surface area contributed by atoms with Crippen LogP contribution in [0.5, 0.6) is 0 Å². The summed E-state index contributed by atoms with van der Waals surface area (Å²) in [6.07, 6.45) is 0.107. The van der Waals surface area contributed by atoms with E-state index in [1.807, 2.05) is 0 Å². The molecule has 1 aliphatic heterocycles. The molecular weight excluding hydrogens is 439 g/mol. The standard InChI is InChI=1S/C22H16F3N5O3/c23-22(24,25)18-4-3-12(8-27-18)15-6-14-20(19(29-15)13-2-1-5-26-7-13)28-11-30(21(14)32)16-9-33-10-17(16)31/h1-8,11,16-17,31H,9-10H2/t16-,17-/m1/s1. The van der Waals surface area contributed by atoms with E-state index in [0.717, 1.165) is 12.3 Å². The molecule has 5 rings (SSSR count). The summed E-state index contributed by atoms with van der Waals surface area (Å²) >= 11 is 0. The minimum Gasteiger partial charge on any atom is -0.388 e. The second-order valence-corrected chi connectivity index (χ2v) is 7.55. The summed E-state index contributed by atoms with van der Waals surface area (Å²) in [5, 5.41) is 10.4. The van der Waals surface area contributed by atoms with Crippen molar-refractivity contribution in [1.29, 1.82) is 0 Å². The van der Waals surface area contributed by atoms with Gasteiger partial charge in [-0.05, 0) is 30.3 Å². The van der Waals surface area contributed by atoms with Crippen LogP contribution in [0.15, 0.2) is 60.0 Å². The third-order valence-corrected chi connectivity index (χ3v) is 5.43. The Kier molecular flexibility index (Phi) is 5.14. The first-order valence-corrected chi connectivity index (χ1v) is 9.94. The van der Waals surface area contributed by atoms with Crippen LogP contribution in [0.1, 0.15) is 11.7 Å². The first-order valence-electron chi connectivity index (χ1n) is 9.94. The summed E-state index contributed by atoms with van der Waals surface area (Å²) in [6.45, 7) is 0.263. The molecule has 4 aromatic heterocycles. The highest BCUT2D eigenvalue weighted by Crippen LogP contribution is 2.31. The number of aliphatic hydroxyl groups is 1. The van der Waals surface area contributed by atoms with Gasteiger partial charge >= 0.3 is 6.18 Å². The van der Waals surface area contributed by atoms with Crippen molar-refractivity contribution in [2.75, 3.05) is 13.2 Å². The molecule has 0 spiro atoms. The highest BCUT2D eigenvalue weighted by molar-refractivity contribution is 5.93. The highest BCUT2D eigenvalue weighted by Gasteiger charge is 2.32. The molecular formula is C22H16F3N5O3. The Balaban J connectivity index is 1.73. The zero-order chi connectivity index (χ0) is 23.2. The Bertz CT molecular complexity index is 1370. The SMILES string of the molecule is O=c1c2cc(-c3ccc(C(F)(F)F)nc3)nc(-c3cccnc3)c2ncn1[C@@H]1COC[C@H]1O. The van der Waals surface area contributed by atoms with Crippen LogP contribution in [0.3, 0.4) is 0 Å². The number of pyridine rings is 3. The first kappa shape index (κ1) is 21.2. The summed E-state index contributed by atoms with van der Waals surface area (Å²) in [4.78, 5) is 29.9. The fraction of sp³-hybridized carbons (Fsp3) is 0.227. The van der Waals surface area contributed by atoms with Gasteiger partial charge in [-0.1, -0.05) is 0 Å². The number of hydrogen-bond donors (Lipinski definition) is 1. The minimum absolute atomic E-state index is 0.106. The monoisotopic (exact) mass is 455 g/mol. The molecule has 0 aromatic carbocycles. The molecule has 5 heterocycles. The van der Waals surface area contributed by atoms with Crippen molar-refractivity contribution in [3.8, 4) is 22.5 Å². The molecule has 11 heteroatoms. The average Bonchev–Trinajstić information content (AvgIpc) is 3.24. The average molecular weight is 455 g/mol. The second-order valence-electron chi connectivity index (χ2n) is 7.55. The maximum Gasteiger partial charge on any atom is 0.433 e. The van der Waals surface area contributed by atoms with Gasteiger partial charge in [0.1, 0.15) is 17.3 Å². The lowest BCUT2D eigenvalue weighted by Gasteiger charge is -2.17. The van der Waals surface area contributed by atoms with E-state index in [1.165, 1.54) is 23.0 Å². The predicted octanol–water partition coefficient (Wildman–Crippen LogP) is 2.87. The quantitative estimate of drug-likeness (QED) is 0.507. The number of rotatable bonds is 3. The number of aromatic nitrogens is 5. The van der Waals surface area contributed by atoms with Gasteiger partial charge < -0.3 is 9.84 Å². The van der Waals surface area contributed by atoms with Gasteiger partial charge in [0.2, 0.25) is 0 Å². The van der Waals surface area contributed by atoms with E-state index in [4.69, 9.17) is 4.74 Å². The van der Waals surface area contributed by atoms with Crippen molar-refractivity contribution in [2.24, 2.45) is 0 Å². The van der Waals surface area contributed by atoms with Crippen LogP contribution < -0.4 is 5.56 Å². The van der Waals surface area contributed by atoms with Crippen molar-refractivity contribution in [2.45, 2.75) is 18.3 Å². The third-order valence-electron chi connectivity index (χ3n) is 5.43. The van der Waals surface area contributed by atoms with Gasteiger partial charge in [0, 0.05) is 29.7 Å². The van der Waals surface area contributed by atoms with Gasteiger partial charge in [0.25, 0.3) is 5.56 Å². The summed E-state index contributed by atoms with van der Waals surface area (Å²) in [5.41, 5.74) is 0.334. The molecule has 0 bridgehead atoms. The number of halogens is 3. The summed E-state index contributed by atoms with van der Waals surface area (Å²) < 4.78 is 45.3. The van der Waals surface area contributed by atoms with Crippen LogP contribution >= 0.6 is 0 Å². The van der Waals surface area contributed by atoms with Gasteiger partial charge in [0.05, 0.1) is 42.4 Å². The van der Waals surface area contributed by atoms with Crippen LogP contribution in [-0.4, -0.2) is 48.9 Å². The van der Waals surface area contributed by atoms with Gasteiger partial charge in [0.15, 0.2) is 0 Å². The Morgan fingerprint density at radius 2 is 1.94 bits per heavy atom. The maximum atomic E-state index is 13.4. The largest absolute Gasteiger partial charge is 0.433 e. The fourth-order valence-corrected chi connectivity index (χ4v) is 3.74. The first-order chi connectivity index (χ1) is 15.8. The van der Waals surface area contributed by atoms with Crippen molar-refractivity contribution >= 4 is 10.9 Å². The van der Waals surface area contributed by atoms with E-state index in [-0.39, 0.29) is 24.3 Å². The lowest BCUT2D eigenvalue weighted by atomic mass is 10.1. The molecule has 1 N–H and O–H groups in total. The number of ether oxygens (including phenoxy) is 1. The van der Waals surface area contributed by atoms with Crippen molar-refractivity contribution < 1.29 is 23.0 Å². The molecule has 0 aliphatic carbocycles. The Labute approximate surface area is 184 Å². The van der Waals surface area contributed by atoms with Gasteiger partial charge in [-0.2, -0.15) is 13.2 Å². The van der Waals surface area contributed by atoms with Crippen LogP contribution in [-0.2, 0) is 10.9 Å². The predicted molar refractivity (Wildman–Crippen MR) is 111 cm³/mol. The van der Waals surface area contributed by atoms with Crippen LogP contribution in [0.25, 0.3) is 33.4 Å². The number of aliphatic hydroxyl groups excluding tert-OH is 1. The Morgan fingerprint density at radius 1 is 1.09 bits per heavy atom. The fourth-order valence-electron chi connectivity index (χ4n) is 3.74. The van der Waals surface area contributed by atoms with E-state index >= 15 is 0 Å². The topological polar surface area (TPSA) is 103 Å². The molecule has 0 saturated carbocycles. The normalized spacial score (nSPS) is 18.7. The van der Waals surface area contributed by atoms with Gasteiger partial charge in [-0.15, -0.1) is 0 Å².